The molecule has 0 spiro atoms. The maximum Gasteiger partial charge on any atom is 0.160 e. The Balaban J connectivity index is 2.17. The molecule has 4 heteroatoms. The van der Waals surface area contributed by atoms with Crippen molar-refractivity contribution in [2.24, 2.45) is 11.7 Å². The van der Waals surface area contributed by atoms with Crippen LogP contribution in [0.25, 0.3) is 11.2 Å². The minimum absolute atomic E-state index is 0.324. The van der Waals surface area contributed by atoms with Gasteiger partial charge < -0.3 is 10.3 Å². The lowest BCUT2D eigenvalue weighted by Crippen LogP contribution is -2.38. The molecule has 4 nitrogen and oxygen atoms in total. The molecule has 2 heterocycles. The van der Waals surface area contributed by atoms with Gasteiger partial charge >= 0.3 is 0 Å². The van der Waals surface area contributed by atoms with Gasteiger partial charge in [0.25, 0.3) is 0 Å². The Hall–Kier alpha value is -1.42. The number of hydrogen-bond donors (Lipinski definition) is 1. The van der Waals surface area contributed by atoms with Crippen LogP contribution in [0.15, 0.2) is 18.3 Å². The number of nitrogens with two attached hydrogens (primary N) is 1. The number of rotatable bonds is 4. The van der Waals surface area contributed by atoms with Crippen molar-refractivity contribution in [3.8, 4) is 0 Å². The molecule has 0 saturated heterocycles. The van der Waals surface area contributed by atoms with E-state index >= 15 is 0 Å². The molecule has 1 aliphatic carbocycles. The van der Waals surface area contributed by atoms with Gasteiger partial charge in [-0.2, -0.15) is 0 Å². The highest BCUT2D eigenvalue weighted by molar-refractivity contribution is 5.71. The molecular formula is C14H20N4. The Bertz CT molecular complexity index is 566. The Morgan fingerprint density at radius 2 is 2.28 bits per heavy atom. The Kier molecular flexibility index (Phi) is 2.63. The lowest BCUT2D eigenvalue weighted by Gasteiger charge is -2.24. The molecule has 1 aliphatic rings. The average molecular weight is 244 g/mol. The molecule has 2 aromatic heterocycles. The summed E-state index contributed by atoms with van der Waals surface area (Å²) in [6, 6.07) is 3.95. The van der Waals surface area contributed by atoms with E-state index in [1.807, 2.05) is 18.3 Å². The first-order valence-corrected chi connectivity index (χ1v) is 6.75. The number of aromatic nitrogens is 3. The lowest BCUT2D eigenvalue weighted by atomic mass is 9.96. The van der Waals surface area contributed by atoms with Crippen molar-refractivity contribution in [3.63, 3.8) is 0 Å². The molecule has 0 radical (unpaired) electrons. The first-order chi connectivity index (χ1) is 8.64. The topological polar surface area (TPSA) is 56.7 Å². The molecule has 3 rings (SSSR count). The number of aryl methyl sites for hydroxylation is 1. The van der Waals surface area contributed by atoms with Crippen LogP contribution in [0, 0.1) is 5.92 Å². The van der Waals surface area contributed by atoms with E-state index in [4.69, 9.17) is 10.7 Å². The SMILES string of the molecule is CCCn1c(C(C)(N)C2CC2)nc2cccnc21. The van der Waals surface area contributed by atoms with Crippen molar-refractivity contribution < 1.29 is 0 Å². The molecule has 18 heavy (non-hydrogen) atoms. The molecule has 0 amide bonds. The third kappa shape index (κ3) is 1.72. The van der Waals surface area contributed by atoms with Crippen molar-refractivity contribution >= 4 is 11.2 Å². The van der Waals surface area contributed by atoms with Crippen LogP contribution in [0.1, 0.15) is 38.9 Å². The van der Waals surface area contributed by atoms with E-state index in [1.165, 1.54) is 12.8 Å². The zero-order valence-electron chi connectivity index (χ0n) is 11.1. The quantitative estimate of drug-likeness (QED) is 0.898. The van der Waals surface area contributed by atoms with Crippen molar-refractivity contribution in [2.45, 2.75) is 45.2 Å². The van der Waals surface area contributed by atoms with E-state index in [0.717, 1.165) is 30.0 Å². The summed E-state index contributed by atoms with van der Waals surface area (Å²) in [6.45, 7) is 5.21. The van der Waals surface area contributed by atoms with Gasteiger partial charge in [-0.15, -0.1) is 0 Å². The van der Waals surface area contributed by atoms with E-state index in [2.05, 4.69) is 23.4 Å². The predicted octanol–water partition coefficient (Wildman–Crippen LogP) is 2.43. The highest BCUT2D eigenvalue weighted by Crippen LogP contribution is 2.43. The van der Waals surface area contributed by atoms with E-state index in [0.29, 0.717) is 5.92 Å². The van der Waals surface area contributed by atoms with Crippen molar-refractivity contribution in [1.82, 2.24) is 14.5 Å². The number of nitrogens with zero attached hydrogens (tertiary/aromatic N) is 3. The molecule has 0 aliphatic heterocycles. The normalized spacial score (nSPS) is 19.1. The zero-order chi connectivity index (χ0) is 12.8. The second kappa shape index (κ2) is 4.05. The molecule has 1 saturated carbocycles. The monoisotopic (exact) mass is 244 g/mol. The molecule has 1 unspecified atom stereocenters. The highest BCUT2D eigenvalue weighted by atomic mass is 15.2. The molecule has 0 aromatic carbocycles. The summed E-state index contributed by atoms with van der Waals surface area (Å²) in [4.78, 5) is 9.20. The fraction of sp³-hybridized carbons (Fsp3) is 0.571. The van der Waals surface area contributed by atoms with Crippen LogP contribution < -0.4 is 5.73 Å². The Labute approximate surface area is 107 Å². The smallest absolute Gasteiger partial charge is 0.160 e. The maximum absolute atomic E-state index is 6.53. The molecule has 2 N–H and O–H groups in total. The van der Waals surface area contributed by atoms with Gasteiger partial charge in [-0.1, -0.05) is 6.92 Å². The molecule has 0 bridgehead atoms. The molecule has 1 fully saturated rings. The first-order valence-electron chi connectivity index (χ1n) is 6.75. The summed E-state index contributed by atoms with van der Waals surface area (Å²) in [6.07, 6.45) is 5.33. The molecular weight excluding hydrogens is 224 g/mol. The van der Waals surface area contributed by atoms with Crippen LogP contribution in [0.3, 0.4) is 0 Å². The minimum Gasteiger partial charge on any atom is -0.319 e. The van der Waals surface area contributed by atoms with Crippen LogP contribution >= 0.6 is 0 Å². The van der Waals surface area contributed by atoms with Gasteiger partial charge in [-0.25, -0.2) is 9.97 Å². The summed E-state index contributed by atoms with van der Waals surface area (Å²) >= 11 is 0. The van der Waals surface area contributed by atoms with Crippen LogP contribution in [0.5, 0.6) is 0 Å². The van der Waals surface area contributed by atoms with Crippen LogP contribution in [-0.2, 0) is 12.1 Å². The minimum atomic E-state index is -0.324. The maximum atomic E-state index is 6.53. The van der Waals surface area contributed by atoms with Crippen LogP contribution in [-0.4, -0.2) is 14.5 Å². The third-order valence-electron chi connectivity index (χ3n) is 3.86. The van der Waals surface area contributed by atoms with Gasteiger partial charge in [0.15, 0.2) is 5.65 Å². The first kappa shape index (κ1) is 11.7. The number of hydrogen-bond acceptors (Lipinski definition) is 3. The van der Waals surface area contributed by atoms with E-state index in [9.17, 15) is 0 Å². The number of imidazole rings is 1. The predicted molar refractivity (Wildman–Crippen MR) is 72.1 cm³/mol. The third-order valence-corrected chi connectivity index (χ3v) is 3.86. The number of fused-ring (bicyclic) bond motifs is 1. The van der Waals surface area contributed by atoms with Gasteiger partial charge in [0, 0.05) is 12.7 Å². The van der Waals surface area contributed by atoms with Gasteiger partial charge in [0.2, 0.25) is 0 Å². The van der Waals surface area contributed by atoms with Crippen molar-refractivity contribution in [1.29, 1.82) is 0 Å². The van der Waals surface area contributed by atoms with Crippen LogP contribution in [0.2, 0.25) is 0 Å². The standard InChI is InChI=1S/C14H20N4/c1-3-9-18-12-11(5-4-8-16-12)17-13(18)14(2,15)10-6-7-10/h4-5,8,10H,3,6-7,9,15H2,1-2H3. The van der Waals surface area contributed by atoms with Gasteiger partial charge in [-0.05, 0) is 44.2 Å². The zero-order valence-corrected chi connectivity index (χ0v) is 11.1. The molecule has 1 atom stereocenters. The highest BCUT2D eigenvalue weighted by Gasteiger charge is 2.43. The van der Waals surface area contributed by atoms with E-state index < -0.39 is 0 Å². The summed E-state index contributed by atoms with van der Waals surface area (Å²) in [5.74, 6) is 1.57. The largest absolute Gasteiger partial charge is 0.319 e. The second-order valence-electron chi connectivity index (χ2n) is 5.49. The summed E-state index contributed by atoms with van der Waals surface area (Å²) < 4.78 is 2.20. The fourth-order valence-corrected chi connectivity index (χ4v) is 2.67. The summed E-state index contributed by atoms with van der Waals surface area (Å²) in [5, 5.41) is 0. The van der Waals surface area contributed by atoms with Gasteiger partial charge in [0.1, 0.15) is 11.3 Å². The van der Waals surface area contributed by atoms with E-state index in [1.54, 1.807) is 0 Å². The Morgan fingerprint density at radius 1 is 1.50 bits per heavy atom. The van der Waals surface area contributed by atoms with Crippen LogP contribution in [0.4, 0.5) is 0 Å². The fourth-order valence-electron chi connectivity index (χ4n) is 2.67. The summed E-state index contributed by atoms with van der Waals surface area (Å²) in [7, 11) is 0. The second-order valence-corrected chi connectivity index (χ2v) is 5.49. The van der Waals surface area contributed by atoms with Gasteiger partial charge in [-0.3, -0.25) is 0 Å². The van der Waals surface area contributed by atoms with E-state index in [-0.39, 0.29) is 5.54 Å². The molecule has 2 aromatic rings. The van der Waals surface area contributed by atoms with Crippen molar-refractivity contribution in [3.05, 3.63) is 24.2 Å². The Morgan fingerprint density at radius 3 is 2.94 bits per heavy atom. The van der Waals surface area contributed by atoms with Crippen molar-refractivity contribution in [2.75, 3.05) is 0 Å². The summed E-state index contributed by atoms with van der Waals surface area (Å²) in [5.41, 5.74) is 8.12. The van der Waals surface area contributed by atoms with Gasteiger partial charge in [0.05, 0.1) is 5.54 Å². The number of pyridine rings is 1. The lowest BCUT2D eigenvalue weighted by molar-refractivity contribution is 0.381. The average Bonchev–Trinajstić information content (AvgIpc) is 3.14. The molecule has 96 valence electrons.